The van der Waals surface area contributed by atoms with Crippen LogP contribution in [-0.2, 0) is 27.9 Å². The van der Waals surface area contributed by atoms with Gasteiger partial charge in [0.15, 0.2) is 0 Å². The molecule has 4 aliphatic rings. The molecule has 4 aliphatic heterocycles. The van der Waals surface area contributed by atoms with Gasteiger partial charge in [0.05, 0.1) is 46.0 Å². The van der Waals surface area contributed by atoms with Gasteiger partial charge in [-0.2, -0.15) is 0 Å². The molecule has 8 bridgehead atoms. The lowest BCUT2D eigenvalue weighted by Crippen LogP contribution is -2.40. The molecule has 51 heavy (non-hydrogen) atoms. The van der Waals surface area contributed by atoms with Gasteiger partial charge in [0, 0.05) is 33.5 Å². The zero-order chi connectivity index (χ0) is 35.6. The van der Waals surface area contributed by atoms with Crippen molar-refractivity contribution in [2.45, 2.75) is 53.0 Å². The number of nitrogens with zero attached hydrogens (tertiary/aromatic N) is 3. The number of ether oxygens (including phenoxy) is 1. The number of hydrogen-bond acceptors (Lipinski definition) is 6. The van der Waals surface area contributed by atoms with E-state index in [9.17, 15) is 14.4 Å². The van der Waals surface area contributed by atoms with Crippen molar-refractivity contribution < 1.29 is 19.1 Å². The first-order chi connectivity index (χ1) is 24.5. The Hall–Kier alpha value is -6.09. The minimum atomic E-state index is -0.394. The highest BCUT2D eigenvalue weighted by Gasteiger charge is 2.38. The lowest BCUT2D eigenvalue weighted by molar-refractivity contribution is -0.127. The summed E-state index contributed by atoms with van der Waals surface area (Å²) in [6.45, 7) is 11.1. The molecule has 2 aromatic carbocycles. The maximum atomic E-state index is 14.6. The maximum Gasteiger partial charge on any atom is 0.293 e. The fourth-order valence-electron chi connectivity index (χ4n) is 7.71. The molecule has 0 fully saturated rings. The van der Waals surface area contributed by atoms with Crippen LogP contribution in [0.2, 0.25) is 0 Å². The van der Waals surface area contributed by atoms with E-state index in [-0.39, 0.29) is 25.0 Å². The second-order valence-electron chi connectivity index (χ2n) is 14.3. The number of hydrogen-bond donors (Lipinski definition) is 2. The zero-order valence-corrected chi connectivity index (χ0v) is 29.2. The first-order valence-corrected chi connectivity index (χ1v) is 17.0. The van der Waals surface area contributed by atoms with Gasteiger partial charge in [-0.15, -0.1) is 0 Å². The Morgan fingerprint density at radius 1 is 0.863 bits per heavy atom. The Kier molecular flexibility index (Phi) is 7.59. The van der Waals surface area contributed by atoms with E-state index in [0.29, 0.717) is 57.8 Å². The molecular formula is C42H37N5O4. The van der Waals surface area contributed by atoms with E-state index in [1.807, 2.05) is 66.8 Å². The van der Waals surface area contributed by atoms with E-state index in [2.05, 4.69) is 56.7 Å². The Labute approximate surface area is 295 Å². The summed E-state index contributed by atoms with van der Waals surface area (Å²) in [7, 11) is 0. The summed E-state index contributed by atoms with van der Waals surface area (Å²) in [4.78, 5) is 58.7. The van der Waals surface area contributed by atoms with Crippen LogP contribution in [0.5, 0.6) is 0 Å². The standard InChI is InChI=1S/C42H37N5O4/c1-23-13-24(2)36(25(3)14-23)37-31-12-11-28(43-31)16-32-27(21-51-22-48)15-29(44-32)17-35-42(4,5)19-34(45-35)38-39-30(18-33(37)46-39)40(49)47(41(38)50)20-26-9-7-6-8-10-26/h6-18,22,45-46H,19-21H2,1-5H3. The van der Waals surface area contributed by atoms with Crippen LogP contribution in [0.15, 0.2) is 60.7 Å². The van der Waals surface area contributed by atoms with E-state index < -0.39 is 5.41 Å². The molecule has 0 saturated carbocycles. The first kappa shape index (κ1) is 32.1. The first-order valence-electron chi connectivity index (χ1n) is 17.0. The van der Waals surface area contributed by atoms with Gasteiger partial charge in [0.1, 0.15) is 6.61 Å². The Morgan fingerprint density at radius 2 is 1.63 bits per heavy atom. The minimum absolute atomic E-state index is 0.0673. The lowest BCUT2D eigenvalue weighted by atomic mass is 9.85. The van der Waals surface area contributed by atoms with Crippen molar-refractivity contribution in [2.75, 3.05) is 6.61 Å². The van der Waals surface area contributed by atoms with Gasteiger partial charge < -0.3 is 14.7 Å². The van der Waals surface area contributed by atoms with Crippen molar-refractivity contribution in [3.8, 4) is 11.1 Å². The van der Waals surface area contributed by atoms with E-state index in [1.54, 1.807) is 0 Å². The molecule has 8 rings (SSSR count). The van der Waals surface area contributed by atoms with Crippen LogP contribution in [0.1, 0.15) is 91.0 Å². The molecule has 0 aliphatic carbocycles. The highest BCUT2D eigenvalue weighted by molar-refractivity contribution is 6.22. The number of H-pyrrole nitrogens is 2. The normalized spacial score (nSPS) is 15.2. The molecule has 2 amide bonds. The summed E-state index contributed by atoms with van der Waals surface area (Å²) in [5, 5.41) is 0. The predicted octanol–water partition coefficient (Wildman–Crippen LogP) is 7.83. The molecule has 0 atom stereocenters. The summed E-state index contributed by atoms with van der Waals surface area (Å²) in [5.74, 6) is -0.712. The second-order valence-corrected chi connectivity index (χ2v) is 14.3. The second kappa shape index (κ2) is 12.1. The number of carbonyl (C=O) groups excluding carboxylic acids is 3. The molecule has 6 heterocycles. The third-order valence-corrected chi connectivity index (χ3v) is 10.0. The molecule has 0 unspecified atom stereocenters. The molecular weight excluding hydrogens is 638 g/mol. The van der Waals surface area contributed by atoms with Gasteiger partial charge in [0.25, 0.3) is 18.3 Å². The number of aromatic nitrogens is 4. The lowest BCUT2D eigenvalue weighted by Gasteiger charge is -2.25. The van der Waals surface area contributed by atoms with Crippen molar-refractivity contribution >= 4 is 53.1 Å². The van der Waals surface area contributed by atoms with Crippen LogP contribution in [-0.4, -0.2) is 49.7 Å². The van der Waals surface area contributed by atoms with Crippen LogP contribution in [0.4, 0.5) is 0 Å². The quantitative estimate of drug-likeness (QED) is 0.140. The van der Waals surface area contributed by atoms with Crippen molar-refractivity contribution in [1.82, 2.24) is 24.8 Å². The molecule has 0 spiro atoms. The molecule has 4 aromatic rings. The zero-order valence-electron chi connectivity index (χ0n) is 29.2. The third kappa shape index (κ3) is 5.55. The summed E-state index contributed by atoms with van der Waals surface area (Å²) < 4.78 is 5.17. The number of nitrogens with one attached hydrogen (secondary N) is 2. The number of fused-ring (bicyclic) bond motifs is 8. The van der Waals surface area contributed by atoms with Gasteiger partial charge in [-0.05, 0) is 85.9 Å². The molecule has 2 aromatic heterocycles. The van der Waals surface area contributed by atoms with Gasteiger partial charge in [-0.3, -0.25) is 19.3 Å². The summed E-state index contributed by atoms with van der Waals surface area (Å²) in [5.41, 5.74) is 12.7. The maximum absolute atomic E-state index is 14.6. The molecule has 0 radical (unpaired) electrons. The van der Waals surface area contributed by atoms with Gasteiger partial charge in [-0.25, -0.2) is 9.97 Å². The Bertz CT molecular complexity index is 2420. The van der Waals surface area contributed by atoms with Gasteiger partial charge >= 0.3 is 0 Å². The minimum Gasteiger partial charge on any atom is -0.463 e. The van der Waals surface area contributed by atoms with Crippen LogP contribution < -0.4 is 0 Å². The smallest absolute Gasteiger partial charge is 0.293 e. The fraction of sp³-hybridized carbons (Fsp3) is 0.214. The number of carbonyl (C=O) groups is 3. The van der Waals surface area contributed by atoms with Crippen LogP contribution >= 0.6 is 0 Å². The summed E-state index contributed by atoms with van der Waals surface area (Å²) in [6.07, 6.45) is 6.33. The molecule has 254 valence electrons. The monoisotopic (exact) mass is 675 g/mol. The van der Waals surface area contributed by atoms with Crippen molar-refractivity contribution in [1.29, 1.82) is 0 Å². The number of aromatic amines is 2. The van der Waals surface area contributed by atoms with E-state index >= 15 is 0 Å². The van der Waals surface area contributed by atoms with Crippen molar-refractivity contribution in [3.05, 3.63) is 128 Å². The number of aryl methyl sites for hydroxylation is 3. The average molecular weight is 676 g/mol. The SMILES string of the molecule is Cc1cc(C)c(-c2c3nc(cc4nc(cc5[nH]c(c6c7[nH]c2cc7C(=O)N(Cc2ccccc2)C6=O)CC5(C)C)C=C4COC=O)C=C3)c(C)c1. The van der Waals surface area contributed by atoms with Crippen LogP contribution in [0.25, 0.3) is 46.0 Å². The Balaban J connectivity index is 1.50. The van der Waals surface area contributed by atoms with Crippen LogP contribution in [0, 0.1) is 20.8 Å². The molecule has 9 heteroatoms. The van der Waals surface area contributed by atoms with E-state index in [1.165, 1.54) is 4.90 Å². The highest BCUT2D eigenvalue weighted by Crippen LogP contribution is 2.40. The summed E-state index contributed by atoms with van der Waals surface area (Å²) >= 11 is 0. The molecule has 2 N–H and O–H groups in total. The van der Waals surface area contributed by atoms with Gasteiger partial charge in [0.2, 0.25) is 0 Å². The van der Waals surface area contributed by atoms with Crippen LogP contribution in [0.3, 0.4) is 0 Å². The largest absolute Gasteiger partial charge is 0.463 e. The number of benzene rings is 2. The predicted molar refractivity (Wildman–Crippen MR) is 198 cm³/mol. The van der Waals surface area contributed by atoms with E-state index in [4.69, 9.17) is 14.7 Å². The third-order valence-electron chi connectivity index (χ3n) is 10.0. The fourth-order valence-corrected chi connectivity index (χ4v) is 7.71. The molecule has 0 saturated heterocycles. The van der Waals surface area contributed by atoms with E-state index in [0.717, 1.165) is 50.3 Å². The summed E-state index contributed by atoms with van der Waals surface area (Å²) in [6, 6.07) is 19.6. The van der Waals surface area contributed by atoms with Crippen molar-refractivity contribution in [3.63, 3.8) is 0 Å². The topological polar surface area (TPSA) is 121 Å². The Morgan fingerprint density at radius 3 is 2.37 bits per heavy atom. The number of amides is 2. The number of imide groups is 1. The number of rotatable bonds is 6. The average Bonchev–Trinajstić information content (AvgIpc) is 3.87. The van der Waals surface area contributed by atoms with Crippen molar-refractivity contribution in [2.24, 2.45) is 0 Å². The molecule has 9 nitrogen and oxygen atoms in total. The van der Waals surface area contributed by atoms with Gasteiger partial charge in [-0.1, -0.05) is 61.9 Å². The highest BCUT2D eigenvalue weighted by atomic mass is 16.5.